The van der Waals surface area contributed by atoms with Crippen molar-refractivity contribution in [2.45, 2.75) is 6.61 Å². The molecule has 0 atom stereocenters. The maximum absolute atomic E-state index is 12.6. The van der Waals surface area contributed by atoms with Crippen LogP contribution in [0.4, 0.5) is 5.69 Å². The fraction of sp³-hybridized carbons (Fsp3) is 0.0714. The second kappa shape index (κ2) is 10.9. The van der Waals surface area contributed by atoms with E-state index in [1.165, 1.54) is 6.08 Å². The Morgan fingerprint density at radius 3 is 2.59 bits per heavy atom. The van der Waals surface area contributed by atoms with Gasteiger partial charge in [-0.3, -0.25) is 4.79 Å². The topological polar surface area (TPSA) is 71.3 Å². The molecule has 0 aliphatic heterocycles. The Morgan fingerprint density at radius 2 is 1.79 bits per heavy atom. The van der Waals surface area contributed by atoms with E-state index >= 15 is 0 Å². The smallest absolute Gasteiger partial charge is 0.266 e. The Hall–Kier alpha value is -3.83. The van der Waals surface area contributed by atoms with Gasteiger partial charge in [0.05, 0.1) is 7.11 Å². The SMILES string of the molecule is COc1ccc(/C=C(\C#N)C(=O)Nc2cccc(I)c2)cc1OCc1cccc2ccccc12. The van der Waals surface area contributed by atoms with Crippen LogP contribution in [0.1, 0.15) is 11.1 Å². The first-order valence-corrected chi connectivity index (χ1v) is 11.6. The number of nitriles is 1. The number of rotatable bonds is 7. The molecule has 4 rings (SSSR count). The summed E-state index contributed by atoms with van der Waals surface area (Å²) in [6.07, 6.45) is 1.54. The molecule has 0 unspecified atom stereocenters. The summed E-state index contributed by atoms with van der Waals surface area (Å²) < 4.78 is 12.6. The van der Waals surface area contributed by atoms with E-state index in [1.54, 1.807) is 31.4 Å². The summed E-state index contributed by atoms with van der Waals surface area (Å²) in [5.41, 5.74) is 2.33. The van der Waals surface area contributed by atoms with Crippen molar-refractivity contribution in [3.63, 3.8) is 0 Å². The molecule has 1 N–H and O–H groups in total. The van der Waals surface area contributed by atoms with Gasteiger partial charge in [-0.1, -0.05) is 54.6 Å². The van der Waals surface area contributed by atoms with Crippen molar-refractivity contribution < 1.29 is 14.3 Å². The van der Waals surface area contributed by atoms with E-state index in [1.807, 2.05) is 48.5 Å². The number of halogens is 1. The van der Waals surface area contributed by atoms with Gasteiger partial charge in [-0.15, -0.1) is 0 Å². The molecule has 5 nitrogen and oxygen atoms in total. The first kappa shape index (κ1) is 23.3. The summed E-state index contributed by atoms with van der Waals surface area (Å²) in [4.78, 5) is 12.6. The van der Waals surface area contributed by atoms with Gasteiger partial charge in [-0.25, -0.2) is 0 Å². The molecule has 1 amide bonds. The predicted octanol–water partition coefficient (Wildman–Crippen LogP) is 6.58. The molecule has 34 heavy (non-hydrogen) atoms. The second-order valence-electron chi connectivity index (χ2n) is 7.47. The van der Waals surface area contributed by atoms with Crippen molar-refractivity contribution in [3.8, 4) is 17.6 Å². The molecule has 0 fully saturated rings. The number of ether oxygens (including phenoxy) is 2. The van der Waals surface area contributed by atoms with Crippen molar-refractivity contribution in [1.29, 1.82) is 5.26 Å². The number of benzene rings is 4. The quantitative estimate of drug-likeness (QED) is 0.158. The van der Waals surface area contributed by atoms with Crippen LogP contribution in [-0.2, 0) is 11.4 Å². The minimum atomic E-state index is -0.474. The van der Waals surface area contributed by atoms with Gasteiger partial charge in [-0.2, -0.15) is 5.26 Å². The summed E-state index contributed by atoms with van der Waals surface area (Å²) in [6.45, 7) is 0.350. The van der Waals surface area contributed by atoms with Crippen LogP contribution in [0, 0.1) is 14.9 Å². The van der Waals surface area contributed by atoms with Crippen LogP contribution in [0.5, 0.6) is 11.5 Å². The summed E-state index contributed by atoms with van der Waals surface area (Å²) in [5, 5.41) is 14.6. The van der Waals surface area contributed by atoms with Gasteiger partial charge >= 0.3 is 0 Å². The standard InChI is InChI=1S/C28H21IN2O3/c1-33-26-13-12-19(14-22(17-30)28(32)31-24-10-5-9-23(29)16-24)15-27(26)34-18-21-8-4-7-20-6-2-3-11-25(20)21/h2-16H,18H2,1H3,(H,31,32)/b22-14+. The third-order valence-electron chi connectivity index (χ3n) is 5.21. The van der Waals surface area contributed by atoms with Crippen molar-refractivity contribution >= 4 is 51.0 Å². The van der Waals surface area contributed by atoms with Crippen molar-refractivity contribution in [1.82, 2.24) is 0 Å². The van der Waals surface area contributed by atoms with Gasteiger partial charge in [0.2, 0.25) is 0 Å². The zero-order valence-electron chi connectivity index (χ0n) is 18.4. The van der Waals surface area contributed by atoms with Gasteiger partial charge < -0.3 is 14.8 Å². The Morgan fingerprint density at radius 1 is 1.00 bits per heavy atom. The lowest BCUT2D eigenvalue weighted by atomic mass is 10.1. The van der Waals surface area contributed by atoms with Gasteiger partial charge in [0.15, 0.2) is 11.5 Å². The fourth-order valence-corrected chi connectivity index (χ4v) is 4.09. The molecule has 0 saturated heterocycles. The zero-order chi connectivity index (χ0) is 23.9. The molecule has 0 radical (unpaired) electrons. The van der Waals surface area contributed by atoms with E-state index in [-0.39, 0.29) is 5.57 Å². The van der Waals surface area contributed by atoms with E-state index in [0.29, 0.717) is 29.4 Å². The number of nitrogens with zero attached hydrogens (tertiary/aromatic N) is 1. The number of nitrogens with one attached hydrogen (secondary N) is 1. The average molecular weight is 560 g/mol. The minimum Gasteiger partial charge on any atom is -0.493 e. The first-order valence-electron chi connectivity index (χ1n) is 10.5. The third-order valence-corrected chi connectivity index (χ3v) is 5.88. The molecule has 0 saturated carbocycles. The number of carbonyl (C=O) groups excluding carboxylic acids is 1. The monoisotopic (exact) mass is 560 g/mol. The first-order chi connectivity index (χ1) is 16.6. The van der Waals surface area contributed by atoms with Gasteiger partial charge in [-0.05, 0) is 80.9 Å². The Balaban J connectivity index is 1.56. The summed E-state index contributed by atoms with van der Waals surface area (Å²) >= 11 is 2.17. The molecule has 6 heteroatoms. The second-order valence-corrected chi connectivity index (χ2v) is 8.72. The average Bonchev–Trinajstić information content (AvgIpc) is 2.86. The molecule has 0 heterocycles. The molecule has 0 aliphatic rings. The molecule has 0 aliphatic carbocycles. The molecule has 0 bridgehead atoms. The van der Waals surface area contributed by atoms with Gasteiger partial charge in [0, 0.05) is 9.26 Å². The van der Waals surface area contributed by atoms with E-state index in [2.05, 4.69) is 46.1 Å². The maximum Gasteiger partial charge on any atom is 0.266 e. The van der Waals surface area contributed by atoms with Crippen molar-refractivity contribution in [2.75, 3.05) is 12.4 Å². The molecular formula is C28H21IN2O3. The number of fused-ring (bicyclic) bond motifs is 1. The van der Waals surface area contributed by atoms with E-state index < -0.39 is 5.91 Å². The lowest BCUT2D eigenvalue weighted by molar-refractivity contribution is -0.112. The lowest BCUT2D eigenvalue weighted by Gasteiger charge is -2.13. The summed E-state index contributed by atoms with van der Waals surface area (Å²) in [6, 6.07) is 28.9. The summed E-state index contributed by atoms with van der Waals surface area (Å²) in [7, 11) is 1.57. The highest BCUT2D eigenvalue weighted by Crippen LogP contribution is 2.30. The normalized spacial score (nSPS) is 11.0. The molecular weight excluding hydrogens is 539 g/mol. The molecule has 4 aromatic rings. The van der Waals surface area contributed by atoms with Gasteiger partial charge in [0.25, 0.3) is 5.91 Å². The molecule has 0 aromatic heterocycles. The van der Waals surface area contributed by atoms with E-state index in [0.717, 1.165) is 19.9 Å². The number of hydrogen-bond donors (Lipinski definition) is 1. The molecule has 4 aromatic carbocycles. The van der Waals surface area contributed by atoms with Crippen molar-refractivity contribution in [2.24, 2.45) is 0 Å². The van der Waals surface area contributed by atoms with Crippen LogP contribution < -0.4 is 14.8 Å². The third kappa shape index (κ3) is 5.56. The van der Waals surface area contributed by atoms with Crippen LogP contribution in [0.25, 0.3) is 16.8 Å². The number of amides is 1. The highest BCUT2D eigenvalue weighted by molar-refractivity contribution is 14.1. The largest absolute Gasteiger partial charge is 0.493 e. The summed E-state index contributed by atoms with van der Waals surface area (Å²) in [5.74, 6) is 0.622. The molecule has 0 spiro atoms. The lowest BCUT2D eigenvalue weighted by Crippen LogP contribution is -2.13. The van der Waals surface area contributed by atoms with Crippen LogP contribution in [0.3, 0.4) is 0 Å². The Kier molecular flexibility index (Phi) is 7.45. The van der Waals surface area contributed by atoms with Crippen LogP contribution >= 0.6 is 22.6 Å². The predicted molar refractivity (Wildman–Crippen MR) is 143 cm³/mol. The highest BCUT2D eigenvalue weighted by atomic mass is 127. The highest BCUT2D eigenvalue weighted by Gasteiger charge is 2.12. The fourth-order valence-electron chi connectivity index (χ4n) is 3.55. The van der Waals surface area contributed by atoms with Crippen LogP contribution in [-0.4, -0.2) is 13.0 Å². The number of carbonyl (C=O) groups is 1. The zero-order valence-corrected chi connectivity index (χ0v) is 20.6. The van der Waals surface area contributed by atoms with Crippen LogP contribution in [0.2, 0.25) is 0 Å². The molecule has 168 valence electrons. The Bertz CT molecular complexity index is 1420. The van der Waals surface area contributed by atoms with Crippen LogP contribution in [0.15, 0.2) is 90.5 Å². The maximum atomic E-state index is 12.6. The van der Waals surface area contributed by atoms with E-state index in [4.69, 9.17) is 9.47 Å². The Labute approximate surface area is 211 Å². The van der Waals surface area contributed by atoms with E-state index in [9.17, 15) is 10.1 Å². The van der Waals surface area contributed by atoms with Crippen molar-refractivity contribution in [3.05, 3.63) is 105 Å². The minimum absolute atomic E-state index is 0.0102. The number of anilines is 1. The number of hydrogen-bond acceptors (Lipinski definition) is 4. The number of methoxy groups -OCH3 is 1. The van der Waals surface area contributed by atoms with Gasteiger partial charge in [0.1, 0.15) is 18.2 Å².